The molecule has 1 fully saturated rings. The molecule has 0 spiro atoms. The van der Waals surface area contributed by atoms with Crippen molar-refractivity contribution in [3.63, 3.8) is 0 Å². The van der Waals surface area contributed by atoms with E-state index >= 15 is 0 Å². The Bertz CT molecular complexity index is 373. The Labute approximate surface area is 109 Å². The van der Waals surface area contributed by atoms with E-state index in [2.05, 4.69) is 42.2 Å². The molecule has 2 N–H and O–H groups in total. The molecule has 3 heteroatoms. The van der Waals surface area contributed by atoms with Crippen molar-refractivity contribution >= 4 is 17.2 Å². The quantitative estimate of drug-likeness (QED) is 0.785. The predicted octanol–water partition coefficient (Wildman–Crippen LogP) is 2.72. The van der Waals surface area contributed by atoms with Crippen molar-refractivity contribution in [3.05, 3.63) is 35.9 Å². The van der Waals surface area contributed by atoms with Gasteiger partial charge in [-0.15, -0.1) is 0 Å². The molecule has 0 heterocycles. The van der Waals surface area contributed by atoms with Crippen molar-refractivity contribution in [2.24, 2.45) is 5.73 Å². The summed E-state index contributed by atoms with van der Waals surface area (Å²) >= 11 is 5.19. The van der Waals surface area contributed by atoms with Gasteiger partial charge in [0.15, 0.2) is 0 Å². The van der Waals surface area contributed by atoms with Gasteiger partial charge in [-0.2, -0.15) is 0 Å². The first kappa shape index (κ1) is 12.5. The molecule has 0 amide bonds. The maximum Gasteiger partial charge on any atom is 0.0902 e. The van der Waals surface area contributed by atoms with Gasteiger partial charge in [-0.25, -0.2) is 0 Å². The SMILES string of the molecule is CCC(C(N)=S)N(Cc1ccccc1)C1CC1. The number of hydrogen-bond acceptors (Lipinski definition) is 2. The van der Waals surface area contributed by atoms with Gasteiger partial charge in [0.25, 0.3) is 0 Å². The van der Waals surface area contributed by atoms with Crippen molar-refractivity contribution in [1.82, 2.24) is 4.90 Å². The molecular formula is C14H20N2S. The fourth-order valence-corrected chi connectivity index (χ4v) is 2.60. The standard InChI is InChI=1S/C14H20N2S/c1-2-13(14(15)17)16(12-8-9-12)10-11-6-4-3-5-7-11/h3-7,12-13H,2,8-10H2,1H3,(H2,15,17). The summed E-state index contributed by atoms with van der Waals surface area (Å²) < 4.78 is 0. The van der Waals surface area contributed by atoms with Gasteiger partial charge in [-0.3, -0.25) is 4.90 Å². The van der Waals surface area contributed by atoms with E-state index in [1.165, 1.54) is 18.4 Å². The molecular weight excluding hydrogens is 228 g/mol. The van der Waals surface area contributed by atoms with Gasteiger partial charge in [0.05, 0.1) is 11.0 Å². The van der Waals surface area contributed by atoms with E-state index in [-0.39, 0.29) is 6.04 Å². The minimum Gasteiger partial charge on any atom is -0.392 e. The summed E-state index contributed by atoms with van der Waals surface area (Å²) in [5.41, 5.74) is 7.20. The first-order valence-corrected chi connectivity index (χ1v) is 6.72. The Hall–Kier alpha value is -0.930. The third-order valence-electron chi connectivity index (χ3n) is 3.34. The first-order chi connectivity index (χ1) is 8.22. The number of hydrogen-bond donors (Lipinski definition) is 1. The summed E-state index contributed by atoms with van der Waals surface area (Å²) in [5.74, 6) is 0. The average molecular weight is 248 g/mol. The number of benzene rings is 1. The van der Waals surface area contributed by atoms with Crippen molar-refractivity contribution in [3.8, 4) is 0 Å². The van der Waals surface area contributed by atoms with Crippen LogP contribution in [0.2, 0.25) is 0 Å². The molecule has 1 aromatic carbocycles. The van der Waals surface area contributed by atoms with Crippen molar-refractivity contribution < 1.29 is 0 Å². The lowest BCUT2D eigenvalue weighted by atomic mass is 10.1. The smallest absolute Gasteiger partial charge is 0.0902 e. The zero-order valence-corrected chi connectivity index (χ0v) is 11.1. The zero-order chi connectivity index (χ0) is 12.3. The first-order valence-electron chi connectivity index (χ1n) is 6.31. The maximum absolute atomic E-state index is 5.86. The number of nitrogens with two attached hydrogens (primary N) is 1. The summed E-state index contributed by atoms with van der Waals surface area (Å²) in [7, 11) is 0. The van der Waals surface area contributed by atoms with Crippen LogP contribution in [0.4, 0.5) is 0 Å². The largest absolute Gasteiger partial charge is 0.392 e. The summed E-state index contributed by atoms with van der Waals surface area (Å²) in [6, 6.07) is 11.5. The van der Waals surface area contributed by atoms with Gasteiger partial charge in [0.2, 0.25) is 0 Å². The lowest BCUT2D eigenvalue weighted by Crippen LogP contribution is -2.44. The Morgan fingerprint density at radius 2 is 2.06 bits per heavy atom. The second-order valence-corrected chi connectivity index (χ2v) is 5.19. The monoisotopic (exact) mass is 248 g/mol. The summed E-state index contributed by atoms with van der Waals surface area (Å²) in [5, 5.41) is 0. The van der Waals surface area contributed by atoms with Gasteiger partial charge in [0.1, 0.15) is 0 Å². The molecule has 1 unspecified atom stereocenters. The van der Waals surface area contributed by atoms with Gasteiger partial charge in [0, 0.05) is 12.6 Å². The Morgan fingerprint density at radius 3 is 2.53 bits per heavy atom. The van der Waals surface area contributed by atoms with Crippen molar-refractivity contribution in [2.45, 2.75) is 44.8 Å². The van der Waals surface area contributed by atoms with Crippen LogP contribution in [0.15, 0.2) is 30.3 Å². The lowest BCUT2D eigenvalue weighted by molar-refractivity contribution is 0.218. The van der Waals surface area contributed by atoms with Crippen molar-refractivity contribution in [1.29, 1.82) is 0 Å². The van der Waals surface area contributed by atoms with Gasteiger partial charge in [-0.1, -0.05) is 49.5 Å². The molecule has 1 aliphatic rings. The zero-order valence-electron chi connectivity index (χ0n) is 10.3. The molecule has 1 aliphatic carbocycles. The second kappa shape index (κ2) is 5.61. The van der Waals surface area contributed by atoms with Crippen LogP contribution in [-0.2, 0) is 6.54 Å². The van der Waals surface area contributed by atoms with E-state index in [0.717, 1.165) is 13.0 Å². The Morgan fingerprint density at radius 1 is 1.41 bits per heavy atom. The van der Waals surface area contributed by atoms with E-state index in [4.69, 9.17) is 18.0 Å². The second-order valence-electron chi connectivity index (χ2n) is 4.72. The molecule has 2 rings (SSSR count). The molecule has 2 nitrogen and oxygen atoms in total. The topological polar surface area (TPSA) is 29.3 Å². The highest BCUT2D eigenvalue weighted by atomic mass is 32.1. The molecule has 17 heavy (non-hydrogen) atoms. The highest BCUT2D eigenvalue weighted by Crippen LogP contribution is 2.31. The number of nitrogens with zero attached hydrogens (tertiary/aromatic N) is 1. The number of thiocarbonyl (C=S) groups is 1. The molecule has 1 aromatic rings. The van der Waals surface area contributed by atoms with E-state index in [1.807, 2.05) is 0 Å². The van der Waals surface area contributed by atoms with Gasteiger partial charge in [-0.05, 0) is 24.8 Å². The van der Waals surface area contributed by atoms with Gasteiger partial charge >= 0.3 is 0 Å². The highest BCUT2D eigenvalue weighted by molar-refractivity contribution is 7.80. The molecule has 0 saturated heterocycles. The summed E-state index contributed by atoms with van der Waals surface area (Å²) in [6.07, 6.45) is 3.57. The lowest BCUT2D eigenvalue weighted by Gasteiger charge is -2.30. The average Bonchev–Trinajstić information content (AvgIpc) is 3.13. The Balaban J connectivity index is 2.09. The van der Waals surface area contributed by atoms with E-state index in [0.29, 0.717) is 11.0 Å². The van der Waals surface area contributed by atoms with Crippen LogP contribution in [0, 0.1) is 0 Å². The van der Waals surface area contributed by atoms with Crippen LogP contribution in [-0.4, -0.2) is 22.0 Å². The van der Waals surface area contributed by atoms with Crippen LogP contribution in [0.25, 0.3) is 0 Å². The fraction of sp³-hybridized carbons (Fsp3) is 0.500. The minimum absolute atomic E-state index is 0.248. The third-order valence-corrected chi connectivity index (χ3v) is 3.61. The van der Waals surface area contributed by atoms with E-state index in [9.17, 15) is 0 Å². The van der Waals surface area contributed by atoms with Crippen LogP contribution < -0.4 is 5.73 Å². The van der Waals surface area contributed by atoms with Crippen LogP contribution in [0.3, 0.4) is 0 Å². The molecule has 92 valence electrons. The molecule has 0 aliphatic heterocycles. The Kier molecular flexibility index (Phi) is 4.13. The maximum atomic E-state index is 5.86. The number of rotatable bonds is 6. The molecule has 1 saturated carbocycles. The highest BCUT2D eigenvalue weighted by Gasteiger charge is 2.34. The van der Waals surface area contributed by atoms with E-state index < -0.39 is 0 Å². The summed E-state index contributed by atoms with van der Waals surface area (Å²) in [4.78, 5) is 3.10. The molecule has 0 bridgehead atoms. The van der Waals surface area contributed by atoms with Crippen molar-refractivity contribution in [2.75, 3.05) is 0 Å². The van der Waals surface area contributed by atoms with Crippen LogP contribution in [0.1, 0.15) is 31.7 Å². The van der Waals surface area contributed by atoms with Crippen LogP contribution >= 0.6 is 12.2 Å². The van der Waals surface area contributed by atoms with Crippen LogP contribution in [0.5, 0.6) is 0 Å². The fourth-order valence-electron chi connectivity index (χ4n) is 2.29. The summed E-state index contributed by atoms with van der Waals surface area (Å²) in [6.45, 7) is 3.12. The molecule has 0 aromatic heterocycles. The minimum atomic E-state index is 0.248. The molecule has 1 atom stereocenters. The predicted molar refractivity (Wildman–Crippen MR) is 75.9 cm³/mol. The normalized spacial score (nSPS) is 17.1. The molecule has 0 radical (unpaired) electrons. The van der Waals surface area contributed by atoms with Gasteiger partial charge < -0.3 is 5.73 Å². The van der Waals surface area contributed by atoms with E-state index in [1.54, 1.807) is 0 Å². The third kappa shape index (κ3) is 3.27.